The van der Waals surface area contributed by atoms with Crippen LogP contribution in [0, 0.1) is 0 Å². The van der Waals surface area contributed by atoms with E-state index in [1.54, 1.807) is 24.3 Å². The Morgan fingerprint density at radius 1 is 1.47 bits per heavy atom. The van der Waals surface area contributed by atoms with Gasteiger partial charge in [0, 0.05) is 0 Å². The molecule has 0 spiro atoms. The van der Waals surface area contributed by atoms with Crippen LogP contribution in [0.3, 0.4) is 0 Å². The largest absolute Gasteiger partial charge is 0.478 e. The van der Waals surface area contributed by atoms with Crippen molar-refractivity contribution in [1.29, 1.82) is 0 Å². The van der Waals surface area contributed by atoms with Crippen molar-refractivity contribution in [1.82, 2.24) is 0 Å². The fourth-order valence-electron chi connectivity index (χ4n) is 1.64. The van der Waals surface area contributed by atoms with Crippen LogP contribution < -0.4 is 9.04 Å². The Labute approximate surface area is 98.5 Å². The van der Waals surface area contributed by atoms with Crippen LogP contribution in [0.5, 0.6) is 5.75 Å². The Kier molecular flexibility index (Phi) is 2.70. The molecule has 0 bridgehead atoms. The minimum Gasteiger partial charge on any atom is -0.478 e. The van der Waals surface area contributed by atoms with Gasteiger partial charge in [0.05, 0.1) is 18.5 Å². The third kappa shape index (κ3) is 2.19. The van der Waals surface area contributed by atoms with Crippen LogP contribution in [0.25, 0.3) is 0 Å². The minimum atomic E-state index is -3.52. The Bertz CT molecular complexity index is 554. The zero-order valence-electron chi connectivity index (χ0n) is 9.03. The number of aliphatic carboxylic acids is 1. The summed E-state index contributed by atoms with van der Waals surface area (Å²) in [4.78, 5) is 10.9. The summed E-state index contributed by atoms with van der Waals surface area (Å²) < 4.78 is 29.4. The van der Waals surface area contributed by atoms with Gasteiger partial charge in [0.1, 0.15) is 5.75 Å². The first kappa shape index (κ1) is 11.7. The second-order valence-corrected chi connectivity index (χ2v) is 5.61. The molecule has 2 rings (SSSR count). The van der Waals surface area contributed by atoms with Gasteiger partial charge in [-0.15, -0.1) is 0 Å². The Hall–Kier alpha value is -1.76. The Morgan fingerprint density at radius 2 is 2.12 bits per heavy atom. The smallest absolute Gasteiger partial charge is 0.346 e. The summed E-state index contributed by atoms with van der Waals surface area (Å²) in [6, 6.07) is 6.45. The number of carbonyl (C=O) groups is 1. The summed E-state index contributed by atoms with van der Waals surface area (Å²) in [5.41, 5.74) is 0.368. The topological polar surface area (TPSA) is 83.9 Å². The summed E-state index contributed by atoms with van der Waals surface area (Å²) in [6.45, 7) is -0.217. The van der Waals surface area contributed by atoms with E-state index in [2.05, 4.69) is 0 Å². The molecule has 0 aliphatic carbocycles. The number of hydrogen-bond acceptors (Lipinski definition) is 4. The van der Waals surface area contributed by atoms with Gasteiger partial charge < -0.3 is 9.84 Å². The van der Waals surface area contributed by atoms with E-state index < -0.39 is 22.1 Å². The average molecular weight is 257 g/mol. The standard InChI is InChI=1S/C10H11NO5S/c1-17(14,15)11-6-9(10(12)13)16-8-5-3-2-4-7(8)11/h2-5,9H,6H2,1H3,(H,12,13)/t9-/m1/s1. The number of hydrogen-bond donors (Lipinski definition) is 1. The number of rotatable bonds is 2. The zero-order chi connectivity index (χ0) is 12.6. The molecule has 0 saturated heterocycles. The second-order valence-electron chi connectivity index (χ2n) is 3.71. The van der Waals surface area contributed by atoms with Crippen molar-refractivity contribution in [3.8, 4) is 5.75 Å². The molecule has 1 aromatic rings. The van der Waals surface area contributed by atoms with Crippen molar-refractivity contribution >= 4 is 21.7 Å². The molecule has 0 radical (unpaired) electrons. The number of carboxylic acids is 1. The van der Waals surface area contributed by atoms with Crippen molar-refractivity contribution < 1.29 is 23.1 Å². The number of para-hydroxylation sites is 2. The molecule has 1 aromatic carbocycles. The van der Waals surface area contributed by atoms with Gasteiger partial charge >= 0.3 is 5.97 Å². The van der Waals surface area contributed by atoms with Gasteiger partial charge in [0.15, 0.2) is 0 Å². The van der Waals surface area contributed by atoms with Crippen LogP contribution in [-0.4, -0.2) is 38.4 Å². The fraction of sp³-hybridized carbons (Fsp3) is 0.300. The van der Waals surface area contributed by atoms with E-state index in [1.165, 1.54) is 0 Å². The molecule has 7 heteroatoms. The zero-order valence-corrected chi connectivity index (χ0v) is 9.85. The third-order valence-electron chi connectivity index (χ3n) is 2.41. The van der Waals surface area contributed by atoms with Crippen LogP contribution in [0.15, 0.2) is 24.3 Å². The summed E-state index contributed by atoms with van der Waals surface area (Å²) in [5, 5.41) is 8.90. The van der Waals surface area contributed by atoms with E-state index in [1.807, 2.05) is 0 Å². The summed E-state index contributed by atoms with van der Waals surface area (Å²) >= 11 is 0. The Balaban J connectivity index is 2.50. The van der Waals surface area contributed by atoms with Gasteiger partial charge in [-0.2, -0.15) is 0 Å². The quantitative estimate of drug-likeness (QED) is 0.823. The fourth-order valence-corrected chi connectivity index (χ4v) is 2.56. The lowest BCUT2D eigenvalue weighted by Crippen LogP contribution is -2.46. The highest BCUT2D eigenvalue weighted by Crippen LogP contribution is 2.34. The van der Waals surface area contributed by atoms with Crippen molar-refractivity contribution in [2.24, 2.45) is 0 Å². The van der Waals surface area contributed by atoms with E-state index in [0.29, 0.717) is 5.69 Å². The SMILES string of the molecule is CS(=O)(=O)N1C[C@H](C(=O)O)Oc2ccccc21. The maximum Gasteiger partial charge on any atom is 0.346 e. The number of benzene rings is 1. The average Bonchev–Trinajstić information content (AvgIpc) is 2.26. The molecular weight excluding hydrogens is 246 g/mol. The van der Waals surface area contributed by atoms with Crippen LogP contribution in [0.4, 0.5) is 5.69 Å². The van der Waals surface area contributed by atoms with Crippen LogP contribution in [-0.2, 0) is 14.8 Å². The first-order chi connectivity index (χ1) is 7.89. The monoisotopic (exact) mass is 257 g/mol. The van der Waals surface area contributed by atoms with Gasteiger partial charge in [-0.1, -0.05) is 12.1 Å². The molecule has 0 unspecified atom stereocenters. The molecule has 0 saturated carbocycles. The molecular formula is C10H11NO5S. The highest BCUT2D eigenvalue weighted by atomic mass is 32.2. The number of nitrogens with zero attached hydrogens (tertiary/aromatic N) is 1. The lowest BCUT2D eigenvalue weighted by molar-refractivity contribution is -0.144. The molecule has 6 nitrogen and oxygen atoms in total. The van der Waals surface area contributed by atoms with Crippen LogP contribution >= 0.6 is 0 Å². The highest BCUT2D eigenvalue weighted by Gasteiger charge is 2.34. The van der Waals surface area contributed by atoms with Crippen LogP contribution in [0.2, 0.25) is 0 Å². The minimum absolute atomic E-state index is 0.217. The number of anilines is 1. The molecule has 1 N–H and O–H groups in total. The molecule has 1 heterocycles. The number of sulfonamides is 1. The first-order valence-corrected chi connectivity index (χ1v) is 6.70. The van der Waals surface area contributed by atoms with Gasteiger partial charge in [0.2, 0.25) is 16.1 Å². The van der Waals surface area contributed by atoms with Crippen molar-refractivity contribution in [2.75, 3.05) is 17.1 Å². The molecule has 1 aliphatic heterocycles. The second kappa shape index (κ2) is 3.92. The molecule has 17 heavy (non-hydrogen) atoms. The summed E-state index contributed by atoms with van der Waals surface area (Å²) in [7, 11) is -3.52. The van der Waals surface area contributed by atoms with E-state index >= 15 is 0 Å². The van der Waals surface area contributed by atoms with Crippen molar-refractivity contribution in [3.63, 3.8) is 0 Å². The van der Waals surface area contributed by atoms with E-state index in [0.717, 1.165) is 10.6 Å². The van der Waals surface area contributed by atoms with E-state index in [4.69, 9.17) is 9.84 Å². The normalized spacial score (nSPS) is 19.4. The Morgan fingerprint density at radius 3 is 2.71 bits per heavy atom. The van der Waals surface area contributed by atoms with E-state index in [-0.39, 0.29) is 12.3 Å². The van der Waals surface area contributed by atoms with Gasteiger partial charge in [-0.25, -0.2) is 13.2 Å². The molecule has 92 valence electrons. The molecule has 0 fully saturated rings. The van der Waals surface area contributed by atoms with Gasteiger partial charge in [-0.05, 0) is 12.1 Å². The van der Waals surface area contributed by atoms with Gasteiger partial charge in [0.25, 0.3) is 0 Å². The van der Waals surface area contributed by atoms with Crippen LogP contribution in [0.1, 0.15) is 0 Å². The predicted octanol–water partition coefficient (Wildman–Crippen LogP) is 0.298. The first-order valence-electron chi connectivity index (χ1n) is 4.86. The maximum absolute atomic E-state index is 11.6. The molecule has 1 atom stereocenters. The highest BCUT2D eigenvalue weighted by molar-refractivity contribution is 7.92. The predicted molar refractivity (Wildman–Crippen MR) is 60.7 cm³/mol. The summed E-state index contributed by atoms with van der Waals surface area (Å²) in [6.07, 6.45) is -0.145. The summed E-state index contributed by atoms with van der Waals surface area (Å²) in [5.74, 6) is -0.926. The lowest BCUT2D eigenvalue weighted by Gasteiger charge is -2.32. The molecule has 0 aromatic heterocycles. The number of ether oxygens (including phenoxy) is 1. The molecule has 1 aliphatic rings. The van der Waals surface area contributed by atoms with Crippen molar-refractivity contribution in [2.45, 2.75) is 6.10 Å². The molecule has 0 amide bonds. The lowest BCUT2D eigenvalue weighted by atomic mass is 10.2. The number of fused-ring (bicyclic) bond motifs is 1. The van der Waals surface area contributed by atoms with E-state index in [9.17, 15) is 13.2 Å². The van der Waals surface area contributed by atoms with Crippen molar-refractivity contribution in [3.05, 3.63) is 24.3 Å². The third-order valence-corrected chi connectivity index (χ3v) is 3.56. The van der Waals surface area contributed by atoms with Gasteiger partial charge in [-0.3, -0.25) is 4.31 Å². The maximum atomic E-state index is 11.6. The number of carboxylic acid groups (broad SMARTS) is 1.